The second-order valence-corrected chi connectivity index (χ2v) is 6.06. The standard InChI is InChI=1S/C14H19ClN2O2/c1-14(2)8-7-11(17(14)13(16)19)12(18)9-3-5-10(15)6-4-9/h3-6,11-12,18H,7-8H2,1-2H3,(H2,16,19). The van der Waals surface area contributed by atoms with E-state index in [4.69, 9.17) is 17.3 Å². The highest BCUT2D eigenvalue weighted by Gasteiger charge is 2.44. The fraction of sp³-hybridized carbons (Fsp3) is 0.500. The van der Waals surface area contributed by atoms with Crippen LogP contribution in [0.15, 0.2) is 24.3 Å². The third-order valence-corrected chi connectivity index (χ3v) is 4.10. The van der Waals surface area contributed by atoms with Gasteiger partial charge in [-0.25, -0.2) is 4.79 Å². The number of aliphatic hydroxyl groups excluding tert-OH is 1. The number of benzene rings is 1. The molecule has 1 aliphatic heterocycles. The largest absolute Gasteiger partial charge is 0.386 e. The molecular weight excluding hydrogens is 264 g/mol. The molecule has 2 atom stereocenters. The summed E-state index contributed by atoms with van der Waals surface area (Å²) in [6.07, 6.45) is 0.817. The number of carbonyl (C=O) groups excluding carboxylic acids is 1. The second-order valence-electron chi connectivity index (χ2n) is 5.62. The first-order valence-corrected chi connectivity index (χ1v) is 6.73. The Balaban J connectivity index is 2.26. The molecule has 0 aromatic heterocycles. The van der Waals surface area contributed by atoms with E-state index in [9.17, 15) is 9.90 Å². The number of hydrogen-bond acceptors (Lipinski definition) is 2. The van der Waals surface area contributed by atoms with Gasteiger partial charge >= 0.3 is 6.03 Å². The van der Waals surface area contributed by atoms with Crippen LogP contribution in [0, 0.1) is 0 Å². The first-order valence-electron chi connectivity index (χ1n) is 6.35. The summed E-state index contributed by atoms with van der Waals surface area (Å²) in [4.78, 5) is 13.2. The summed E-state index contributed by atoms with van der Waals surface area (Å²) >= 11 is 5.83. The van der Waals surface area contributed by atoms with Gasteiger partial charge in [-0.2, -0.15) is 0 Å². The molecule has 0 spiro atoms. The molecule has 104 valence electrons. The summed E-state index contributed by atoms with van der Waals surface area (Å²) in [6.45, 7) is 3.93. The molecule has 2 rings (SSSR count). The van der Waals surface area contributed by atoms with Crippen LogP contribution in [0.5, 0.6) is 0 Å². The van der Waals surface area contributed by atoms with Crippen LogP contribution >= 0.6 is 11.6 Å². The summed E-state index contributed by atoms with van der Waals surface area (Å²) in [7, 11) is 0. The molecule has 1 aromatic rings. The predicted octanol–water partition coefficient (Wildman–Crippen LogP) is 2.70. The Hall–Kier alpha value is -1.26. The Morgan fingerprint density at radius 2 is 2.05 bits per heavy atom. The van der Waals surface area contributed by atoms with E-state index >= 15 is 0 Å². The van der Waals surface area contributed by atoms with E-state index in [1.54, 1.807) is 29.2 Å². The van der Waals surface area contributed by atoms with Gasteiger partial charge in [0.25, 0.3) is 0 Å². The Morgan fingerprint density at radius 3 is 2.58 bits per heavy atom. The summed E-state index contributed by atoms with van der Waals surface area (Å²) in [5, 5.41) is 11.1. The van der Waals surface area contributed by atoms with Gasteiger partial charge in [0, 0.05) is 10.6 Å². The number of carbonyl (C=O) groups is 1. The fourth-order valence-corrected chi connectivity index (χ4v) is 2.97. The van der Waals surface area contributed by atoms with Crippen molar-refractivity contribution in [2.24, 2.45) is 5.73 Å². The van der Waals surface area contributed by atoms with E-state index in [1.165, 1.54) is 0 Å². The van der Waals surface area contributed by atoms with Gasteiger partial charge < -0.3 is 15.7 Å². The molecule has 3 N–H and O–H groups in total. The van der Waals surface area contributed by atoms with Gasteiger partial charge in [-0.1, -0.05) is 23.7 Å². The highest BCUT2D eigenvalue weighted by molar-refractivity contribution is 6.30. The maximum absolute atomic E-state index is 11.6. The van der Waals surface area contributed by atoms with Crippen molar-refractivity contribution in [3.8, 4) is 0 Å². The molecule has 2 unspecified atom stereocenters. The molecule has 2 amide bonds. The van der Waals surface area contributed by atoms with Crippen molar-refractivity contribution >= 4 is 17.6 Å². The number of halogens is 1. The zero-order chi connectivity index (χ0) is 14.2. The number of nitrogens with zero attached hydrogens (tertiary/aromatic N) is 1. The van der Waals surface area contributed by atoms with E-state index in [1.807, 2.05) is 13.8 Å². The summed E-state index contributed by atoms with van der Waals surface area (Å²) in [5.74, 6) is 0. The topological polar surface area (TPSA) is 66.6 Å². The lowest BCUT2D eigenvalue weighted by atomic mass is 10.0. The van der Waals surface area contributed by atoms with E-state index in [0.717, 1.165) is 18.4 Å². The molecule has 5 heteroatoms. The first kappa shape index (κ1) is 14.2. The Bertz CT molecular complexity index is 473. The van der Waals surface area contributed by atoms with Crippen molar-refractivity contribution in [1.82, 2.24) is 4.90 Å². The Morgan fingerprint density at radius 1 is 1.47 bits per heavy atom. The lowest BCUT2D eigenvalue weighted by Crippen LogP contribution is -2.51. The van der Waals surface area contributed by atoms with E-state index in [0.29, 0.717) is 5.02 Å². The van der Waals surface area contributed by atoms with Crippen molar-refractivity contribution in [2.45, 2.75) is 44.4 Å². The van der Waals surface area contributed by atoms with E-state index < -0.39 is 12.1 Å². The maximum atomic E-state index is 11.6. The minimum Gasteiger partial charge on any atom is -0.386 e. The van der Waals surface area contributed by atoms with Gasteiger partial charge in [0.1, 0.15) is 0 Å². The number of likely N-dealkylation sites (tertiary alicyclic amines) is 1. The number of rotatable bonds is 2. The average molecular weight is 283 g/mol. The van der Waals surface area contributed by atoms with Crippen LogP contribution in [0.1, 0.15) is 38.4 Å². The zero-order valence-corrected chi connectivity index (χ0v) is 11.9. The maximum Gasteiger partial charge on any atom is 0.315 e. The summed E-state index contributed by atoms with van der Waals surface area (Å²) in [5.41, 5.74) is 5.89. The number of amides is 2. The lowest BCUT2D eigenvalue weighted by molar-refractivity contribution is 0.0594. The monoisotopic (exact) mass is 282 g/mol. The molecule has 0 bridgehead atoms. The number of nitrogens with two attached hydrogens (primary N) is 1. The SMILES string of the molecule is CC1(C)CCC(C(O)c2ccc(Cl)cc2)N1C(N)=O. The fourth-order valence-electron chi connectivity index (χ4n) is 2.84. The normalized spacial score (nSPS) is 23.4. The van der Waals surface area contributed by atoms with Crippen LogP contribution in [0.25, 0.3) is 0 Å². The van der Waals surface area contributed by atoms with Gasteiger partial charge in [-0.3, -0.25) is 0 Å². The number of aliphatic hydroxyl groups is 1. The summed E-state index contributed by atoms with van der Waals surface area (Å²) in [6, 6.07) is 6.24. The third-order valence-electron chi connectivity index (χ3n) is 3.85. The highest BCUT2D eigenvalue weighted by atomic mass is 35.5. The minimum atomic E-state index is -0.744. The van der Waals surface area contributed by atoms with Crippen LogP contribution in [0.2, 0.25) is 5.02 Å². The number of primary amides is 1. The van der Waals surface area contributed by atoms with Gasteiger partial charge in [-0.15, -0.1) is 0 Å². The first-order chi connectivity index (χ1) is 8.83. The zero-order valence-electron chi connectivity index (χ0n) is 11.1. The van der Waals surface area contributed by atoms with Crippen LogP contribution in [0.3, 0.4) is 0 Å². The van der Waals surface area contributed by atoms with Gasteiger partial charge in [0.2, 0.25) is 0 Å². The lowest BCUT2D eigenvalue weighted by Gasteiger charge is -2.36. The molecule has 1 fully saturated rings. The molecule has 19 heavy (non-hydrogen) atoms. The van der Waals surface area contributed by atoms with Crippen LogP contribution in [0.4, 0.5) is 4.79 Å². The quantitative estimate of drug-likeness (QED) is 0.876. The van der Waals surface area contributed by atoms with Gasteiger partial charge in [-0.05, 0) is 44.4 Å². The van der Waals surface area contributed by atoms with Crippen molar-refractivity contribution in [1.29, 1.82) is 0 Å². The van der Waals surface area contributed by atoms with Crippen molar-refractivity contribution in [2.75, 3.05) is 0 Å². The van der Waals surface area contributed by atoms with Crippen molar-refractivity contribution in [3.05, 3.63) is 34.9 Å². The summed E-state index contributed by atoms with van der Waals surface area (Å²) < 4.78 is 0. The smallest absolute Gasteiger partial charge is 0.315 e. The highest BCUT2D eigenvalue weighted by Crippen LogP contribution is 2.39. The molecule has 0 aliphatic carbocycles. The third kappa shape index (κ3) is 2.69. The Labute approximate surface area is 118 Å². The number of urea groups is 1. The predicted molar refractivity (Wildman–Crippen MR) is 74.9 cm³/mol. The van der Waals surface area contributed by atoms with Crippen LogP contribution < -0.4 is 5.73 Å². The minimum absolute atomic E-state index is 0.284. The van der Waals surface area contributed by atoms with Gasteiger partial charge in [0.05, 0.1) is 12.1 Å². The number of hydrogen-bond donors (Lipinski definition) is 2. The molecule has 4 nitrogen and oxygen atoms in total. The molecule has 1 aromatic carbocycles. The van der Waals surface area contributed by atoms with Crippen molar-refractivity contribution in [3.63, 3.8) is 0 Å². The molecule has 0 radical (unpaired) electrons. The second kappa shape index (κ2) is 5.02. The van der Waals surface area contributed by atoms with Gasteiger partial charge in [0.15, 0.2) is 0 Å². The average Bonchev–Trinajstić information content (AvgIpc) is 2.65. The van der Waals surface area contributed by atoms with E-state index in [-0.39, 0.29) is 11.6 Å². The molecule has 1 aliphatic rings. The van der Waals surface area contributed by atoms with E-state index in [2.05, 4.69) is 0 Å². The molecule has 1 saturated heterocycles. The molecule has 0 saturated carbocycles. The van der Waals surface area contributed by atoms with Crippen molar-refractivity contribution < 1.29 is 9.90 Å². The molecular formula is C14H19ClN2O2. The van der Waals surface area contributed by atoms with Crippen LogP contribution in [-0.2, 0) is 0 Å². The Kier molecular flexibility index (Phi) is 3.74. The molecule has 1 heterocycles. The van der Waals surface area contributed by atoms with Crippen LogP contribution in [-0.4, -0.2) is 27.6 Å².